The maximum absolute atomic E-state index is 6.19. The molecule has 0 aliphatic rings. The molecule has 6 rings (SSSR count). The second-order valence-corrected chi connectivity index (χ2v) is 8.16. The third-order valence-electron chi connectivity index (χ3n) is 5.12. The first kappa shape index (κ1) is 22.4. The van der Waals surface area contributed by atoms with E-state index in [4.69, 9.17) is 39.5 Å². The zero-order chi connectivity index (χ0) is 23.7. The first-order valence-corrected chi connectivity index (χ1v) is 11.4. The summed E-state index contributed by atoms with van der Waals surface area (Å²) in [6.07, 6.45) is 10.1. The molecule has 0 radical (unpaired) electrons. The van der Waals surface area contributed by atoms with Crippen molar-refractivity contribution in [2.24, 2.45) is 0 Å². The minimum absolute atomic E-state index is 0.416. The Morgan fingerprint density at radius 2 is 1.21 bits per heavy atom. The van der Waals surface area contributed by atoms with Gasteiger partial charge in [-0.25, -0.2) is 19.9 Å². The fourth-order valence-corrected chi connectivity index (χ4v) is 4.43. The van der Waals surface area contributed by atoms with Crippen molar-refractivity contribution in [2.45, 2.75) is 6.92 Å². The molecule has 0 saturated carbocycles. The first-order chi connectivity index (χ1) is 16.6. The van der Waals surface area contributed by atoms with E-state index in [1.807, 2.05) is 19.1 Å². The molecule has 6 aromatic heterocycles. The maximum Gasteiger partial charge on any atom is 0.222 e. The van der Waals surface area contributed by atoms with Gasteiger partial charge >= 0.3 is 0 Å². The van der Waals surface area contributed by atoms with Crippen molar-refractivity contribution >= 4 is 78.2 Å². The minimum atomic E-state index is 0.416. The Morgan fingerprint density at radius 1 is 0.647 bits per heavy atom. The monoisotopic (exact) mass is 508 g/mol. The third-order valence-corrected chi connectivity index (χ3v) is 5.98. The van der Waals surface area contributed by atoms with Crippen LogP contribution in [-0.4, -0.2) is 36.5 Å². The van der Waals surface area contributed by atoms with Crippen LogP contribution in [0, 0.1) is 0 Å². The van der Waals surface area contributed by atoms with E-state index in [1.54, 1.807) is 49.3 Å². The van der Waals surface area contributed by atoms with Gasteiger partial charge in [-0.1, -0.05) is 34.8 Å². The van der Waals surface area contributed by atoms with E-state index in [-0.39, 0.29) is 0 Å². The highest BCUT2D eigenvalue weighted by Gasteiger charge is 2.12. The molecule has 0 amide bonds. The van der Waals surface area contributed by atoms with E-state index < -0.39 is 0 Å². The van der Waals surface area contributed by atoms with Crippen LogP contribution in [0.25, 0.3) is 43.4 Å². The lowest BCUT2D eigenvalue weighted by molar-refractivity contribution is 0.331. The van der Waals surface area contributed by atoms with Gasteiger partial charge in [-0.2, -0.15) is 0 Å². The summed E-state index contributed by atoms with van der Waals surface area (Å²) in [5.74, 6) is 0.567. The molecule has 34 heavy (non-hydrogen) atoms. The van der Waals surface area contributed by atoms with Crippen LogP contribution in [0.4, 0.5) is 0 Å². The number of halogens is 3. The van der Waals surface area contributed by atoms with Gasteiger partial charge in [0.05, 0.1) is 23.0 Å². The van der Waals surface area contributed by atoms with Crippen molar-refractivity contribution in [1.29, 1.82) is 0 Å². The number of hydrogen-bond acceptors (Lipinski definition) is 7. The molecule has 0 aliphatic heterocycles. The predicted molar refractivity (Wildman–Crippen MR) is 136 cm³/mol. The summed E-state index contributed by atoms with van der Waals surface area (Å²) in [6.45, 7) is 2.47. The summed E-state index contributed by atoms with van der Waals surface area (Å²) >= 11 is 18.4. The SMILES string of the molecule is CCOc1nccc2c(Cl)nc3ccncc3c12.Clc1nc2ccncc2c2c(Cl)nccc12. The molecule has 0 aromatic carbocycles. The molecule has 0 bridgehead atoms. The van der Waals surface area contributed by atoms with Gasteiger partial charge in [0.15, 0.2) is 0 Å². The Hall–Kier alpha value is -3.39. The molecule has 168 valence electrons. The van der Waals surface area contributed by atoms with Gasteiger partial charge < -0.3 is 4.74 Å². The predicted octanol–water partition coefficient (Wildman–Crippen LogP) is 6.71. The Morgan fingerprint density at radius 3 is 1.82 bits per heavy atom. The van der Waals surface area contributed by atoms with Crippen molar-refractivity contribution in [3.8, 4) is 5.88 Å². The molecule has 0 unspecified atom stereocenters. The average molecular weight is 510 g/mol. The summed E-state index contributed by atoms with van der Waals surface area (Å²) in [7, 11) is 0. The quantitative estimate of drug-likeness (QED) is 0.189. The van der Waals surface area contributed by atoms with Crippen LogP contribution in [0.3, 0.4) is 0 Å². The molecule has 0 spiro atoms. The van der Waals surface area contributed by atoms with Crippen molar-refractivity contribution in [3.63, 3.8) is 0 Å². The lowest BCUT2D eigenvalue weighted by Crippen LogP contribution is -1.96. The number of fused-ring (bicyclic) bond motifs is 6. The lowest BCUT2D eigenvalue weighted by atomic mass is 10.1. The summed E-state index contributed by atoms with van der Waals surface area (Å²) in [6, 6.07) is 7.25. The van der Waals surface area contributed by atoms with Crippen LogP contribution in [0.5, 0.6) is 5.88 Å². The van der Waals surface area contributed by atoms with Gasteiger partial charge in [0.1, 0.15) is 15.5 Å². The number of nitrogens with zero attached hydrogens (tertiary/aromatic N) is 6. The Bertz CT molecular complexity index is 1680. The highest BCUT2D eigenvalue weighted by atomic mass is 35.5. The van der Waals surface area contributed by atoms with Crippen molar-refractivity contribution in [2.75, 3.05) is 6.61 Å². The molecule has 0 fully saturated rings. The number of ether oxygens (including phenoxy) is 1. The average Bonchev–Trinajstić information content (AvgIpc) is 2.85. The molecule has 6 heterocycles. The molecule has 0 aliphatic carbocycles. The topological polar surface area (TPSA) is 86.6 Å². The van der Waals surface area contributed by atoms with Gasteiger partial charge in [-0.3, -0.25) is 9.97 Å². The van der Waals surface area contributed by atoms with E-state index in [0.717, 1.165) is 43.4 Å². The zero-order valence-electron chi connectivity index (χ0n) is 17.7. The maximum atomic E-state index is 6.19. The molecule has 7 nitrogen and oxygen atoms in total. The lowest BCUT2D eigenvalue weighted by Gasteiger charge is -2.09. The summed E-state index contributed by atoms with van der Waals surface area (Å²) < 4.78 is 5.56. The van der Waals surface area contributed by atoms with Gasteiger partial charge in [-0.15, -0.1) is 0 Å². The smallest absolute Gasteiger partial charge is 0.222 e. The van der Waals surface area contributed by atoms with Crippen LogP contribution in [0.1, 0.15) is 6.92 Å². The van der Waals surface area contributed by atoms with Gasteiger partial charge in [-0.05, 0) is 31.2 Å². The van der Waals surface area contributed by atoms with Crippen molar-refractivity contribution in [1.82, 2.24) is 29.9 Å². The highest BCUT2D eigenvalue weighted by Crippen LogP contribution is 2.34. The summed E-state index contributed by atoms with van der Waals surface area (Å²) in [4.78, 5) is 25.1. The molecule has 0 N–H and O–H groups in total. The number of hydrogen-bond donors (Lipinski definition) is 0. The second-order valence-electron chi connectivity index (χ2n) is 7.09. The summed E-state index contributed by atoms with van der Waals surface area (Å²) in [5, 5.41) is 6.34. The van der Waals surface area contributed by atoms with E-state index in [1.165, 1.54) is 0 Å². The Labute approximate surface area is 208 Å². The van der Waals surface area contributed by atoms with Crippen LogP contribution < -0.4 is 4.74 Å². The van der Waals surface area contributed by atoms with Crippen LogP contribution in [0.15, 0.2) is 61.4 Å². The first-order valence-electron chi connectivity index (χ1n) is 10.2. The van der Waals surface area contributed by atoms with Crippen molar-refractivity contribution in [3.05, 3.63) is 76.9 Å². The fraction of sp³-hybridized carbons (Fsp3) is 0.0833. The van der Waals surface area contributed by atoms with Crippen LogP contribution >= 0.6 is 34.8 Å². The minimum Gasteiger partial charge on any atom is -0.478 e. The zero-order valence-corrected chi connectivity index (χ0v) is 20.0. The molecule has 0 saturated heterocycles. The largest absolute Gasteiger partial charge is 0.478 e. The van der Waals surface area contributed by atoms with Crippen LogP contribution in [-0.2, 0) is 0 Å². The van der Waals surface area contributed by atoms with Gasteiger partial charge in [0, 0.05) is 64.1 Å². The van der Waals surface area contributed by atoms with E-state index in [9.17, 15) is 0 Å². The second kappa shape index (κ2) is 9.46. The third kappa shape index (κ3) is 4.03. The molecular formula is C24H15Cl3N6O. The number of aromatic nitrogens is 6. The van der Waals surface area contributed by atoms with Crippen LogP contribution in [0.2, 0.25) is 15.5 Å². The van der Waals surface area contributed by atoms with Gasteiger partial charge in [0.25, 0.3) is 0 Å². The highest BCUT2D eigenvalue weighted by molar-refractivity contribution is 6.40. The Kier molecular flexibility index (Phi) is 6.24. The number of rotatable bonds is 2. The van der Waals surface area contributed by atoms with Gasteiger partial charge in [0.2, 0.25) is 5.88 Å². The van der Waals surface area contributed by atoms with E-state index in [0.29, 0.717) is 27.9 Å². The summed E-state index contributed by atoms with van der Waals surface area (Å²) in [5.41, 5.74) is 1.55. The molecule has 0 atom stereocenters. The fourth-order valence-electron chi connectivity index (χ4n) is 3.67. The van der Waals surface area contributed by atoms with Crippen molar-refractivity contribution < 1.29 is 4.74 Å². The molecule has 6 aromatic rings. The normalized spacial score (nSPS) is 11.1. The van der Waals surface area contributed by atoms with E-state index >= 15 is 0 Å². The molecular weight excluding hydrogens is 495 g/mol. The standard InChI is InChI=1S/C13H10ClN3O.C11H5Cl2N3/c1-2-18-13-11-8(3-6-16-13)12(14)17-10-4-5-15-7-9(10)11;12-10-6-1-4-15-11(13)9(6)7-5-14-3-2-8(7)16-10/h3-7H,2H2,1H3;1-5H. The molecule has 10 heteroatoms. The number of pyridine rings is 6. The van der Waals surface area contributed by atoms with E-state index in [2.05, 4.69) is 29.9 Å². The Balaban J connectivity index is 0.000000142.